The number of carbonyl (C=O) groups excluding carboxylic acids is 1. The number of pyridine rings is 1. The molecule has 1 atom stereocenters. The maximum atomic E-state index is 12.7. The van der Waals surface area contributed by atoms with Gasteiger partial charge in [-0.15, -0.1) is 0 Å². The lowest BCUT2D eigenvalue weighted by Gasteiger charge is -2.37. The smallest absolute Gasteiger partial charge is 0.251 e. The summed E-state index contributed by atoms with van der Waals surface area (Å²) in [6.45, 7) is 0.678. The first-order valence-electron chi connectivity index (χ1n) is 8.36. The summed E-state index contributed by atoms with van der Waals surface area (Å²) in [6.07, 6.45) is 3.69. The first-order valence-corrected chi connectivity index (χ1v) is 8.36. The van der Waals surface area contributed by atoms with Gasteiger partial charge >= 0.3 is 0 Å². The van der Waals surface area contributed by atoms with Crippen LogP contribution in [0.5, 0.6) is 5.75 Å². The molecule has 0 spiro atoms. The molecule has 124 valence electrons. The van der Waals surface area contributed by atoms with Crippen LogP contribution < -0.4 is 10.1 Å². The van der Waals surface area contributed by atoms with E-state index in [0.29, 0.717) is 25.0 Å². The maximum absolute atomic E-state index is 12.7. The lowest BCUT2D eigenvalue weighted by molar-refractivity contribution is 0.0228. The number of nitrogens with zero attached hydrogens (tertiary/aromatic N) is 1. The highest BCUT2D eigenvalue weighted by Crippen LogP contribution is 2.37. The molecule has 4 rings (SSSR count). The van der Waals surface area contributed by atoms with E-state index in [9.17, 15) is 9.90 Å². The van der Waals surface area contributed by atoms with Crippen LogP contribution in [0.3, 0.4) is 0 Å². The summed E-state index contributed by atoms with van der Waals surface area (Å²) >= 11 is 0. The van der Waals surface area contributed by atoms with Crippen molar-refractivity contribution in [2.45, 2.75) is 31.4 Å². The third-order valence-corrected chi connectivity index (χ3v) is 4.87. The molecule has 0 radical (unpaired) electrons. The lowest BCUT2D eigenvalue weighted by Crippen LogP contribution is -2.41. The molecule has 0 unspecified atom stereocenters. The van der Waals surface area contributed by atoms with E-state index in [0.717, 1.165) is 23.4 Å². The fourth-order valence-electron chi connectivity index (χ4n) is 3.45. The maximum Gasteiger partial charge on any atom is 0.251 e. The topological polar surface area (TPSA) is 71.5 Å². The van der Waals surface area contributed by atoms with Crippen molar-refractivity contribution in [3.05, 3.63) is 59.4 Å². The number of hydrogen-bond donors (Lipinski definition) is 2. The Hall–Kier alpha value is -2.40. The summed E-state index contributed by atoms with van der Waals surface area (Å²) in [5, 5.41) is 12.7. The molecule has 0 bridgehead atoms. The van der Waals surface area contributed by atoms with Gasteiger partial charge in [0.25, 0.3) is 5.91 Å². The van der Waals surface area contributed by atoms with Crippen molar-refractivity contribution in [1.29, 1.82) is 0 Å². The van der Waals surface area contributed by atoms with Crippen molar-refractivity contribution in [1.82, 2.24) is 10.3 Å². The van der Waals surface area contributed by atoms with E-state index in [1.54, 1.807) is 12.3 Å². The molecule has 2 heterocycles. The molecule has 1 aromatic heterocycles. The molecule has 5 heteroatoms. The van der Waals surface area contributed by atoms with E-state index < -0.39 is 0 Å². The summed E-state index contributed by atoms with van der Waals surface area (Å²) in [5.74, 6) is 0.980. The van der Waals surface area contributed by atoms with Gasteiger partial charge in [-0.25, -0.2) is 0 Å². The van der Waals surface area contributed by atoms with Crippen LogP contribution in [0.4, 0.5) is 0 Å². The average Bonchev–Trinajstić information content (AvgIpc) is 3.05. The van der Waals surface area contributed by atoms with Crippen molar-refractivity contribution in [2.75, 3.05) is 6.61 Å². The van der Waals surface area contributed by atoms with Crippen LogP contribution in [-0.2, 0) is 6.42 Å². The molecule has 24 heavy (non-hydrogen) atoms. The molecule has 5 nitrogen and oxygen atoms in total. The molecule has 0 saturated heterocycles. The standard InChI is InChI=1S/C19H20N2O3/c22-15-10-14(11-15)18(16-3-1-2-7-20-16)21-19(23)13-4-5-17-12(9-13)6-8-24-17/h1-5,7,9,14-15,18,22H,6,8,10-11H2,(H,21,23)/t14?,15?,18-/m0/s1. The third-order valence-electron chi connectivity index (χ3n) is 4.87. The van der Waals surface area contributed by atoms with Gasteiger partial charge in [0.05, 0.1) is 24.4 Å². The minimum absolute atomic E-state index is 0.109. The highest BCUT2D eigenvalue weighted by molar-refractivity contribution is 5.95. The highest BCUT2D eigenvalue weighted by Gasteiger charge is 2.36. The number of benzene rings is 1. The van der Waals surface area contributed by atoms with E-state index >= 15 is 0 Å². The Morgan fingerprint density at radius 1 is 1.29 bits per heavy atom. The zero-order chi connectivity index (χ0) is 16.5. The predicted octanol–water partition coefficient (Wildman–Crippen LogP) is 2.26. The minimum atomic E-state index is -0.268. The van der Waals surface area contributed by atoms with Crippen molar-refractivity contribution >= 4 is 5.91 Å². The number of aromatic nitrogens is 1. The summed E-state index contributed by atoms with van der Waals surface area (Å²) in [7, 11) is 0. The number of aliphatic hydroxyl groups excluding tert-OH is 1. The monoisotopic (exact) mass is 324 g/mol. The second-order valence-corrected chi connectivity index (χ2v) is 6.51. The summed E-state index contributed by atoms with van der Waals surface area (Å²) in [4.78, 5) is 17.1. The van der Waals surface area contributed by atoms with Crippen LogP contribution in [-0.4, -0.2) is 28.7 Å². The van der Waals surface area contributed by atoms with Crippen LogP contribution in [0.2, 0.25) is 0 Å². The molecule has 2 N–H and O–H groups in total. The van der Waals surface area contributed by atoms with Gasteiger partial charge in [-0.1, -0.05) is 6.07 Å². The number of hydrogen-bond acceptors (Lipinski definition) is 4. The molecule has 1 amide bonds. The van der Waals surface area contributed by atoms with Crippen molar-refractivity contribution in [2.24, 2.45) is 5.92 Å². The van der Waals surface area contributed by atoms with Crippen LogP contribution in [0.25, 0.3) is 0 Å². The second-order valence-electron chi connectivity index (χ2n) is 6.51. The van der Waals surface area contributed by atoms with Gasteiger partial charge in [0, 0.05) is 18.2 Å². The van der Waals surface area contributed by atoms with Crippen LogP contribution >= 0.6 is 0 Å². The predicted molar refractivity (Wildman–Crippen MR) is 88.8 cm³/mol. The molecule has 2 aliphatic rings. The molecule has 1 aliphatic carbocycles. The number of carbonyl (C=O) groups is 1. The second kappa shape index (κ2) is 6.24. The van der Waals surface area contributed by atoms with Crippen molar-refractivity contribution < 1.29 is 14.6 Å². The highest BCUT2D eigenvalue weighted by atomic mass is 16.5. The van der Waals surface area contributed by atoms with Gasteiger partial charge in [-0.2, -0.15) is 0 Å². The molecule has 1 saturated carbocycles. The molecule has 1 aromatic carbocycles. The number of nitrogens with one attached hydrogen (secondary N) is 1. The number of aliphatic hydroxyl groups is 1. The number of rotatable bonds is 4. The summed E-state index contributed by atoms with van der Waals surface area (Å²) in [5.41, 5.74) is 2.56. The van der Waals surface area contributed by atoms with Gasteiger partial charge < -0.3 is 15.2 Å². The van der Waals surface area contributed by atoms with Crippen molar-refractivity contribution in [3.8, 4) is 5.75 Å². The summed E-state index contributed by atoms with van der Waals surface area (Å²) < 4.78 is 5.49. The quantitative estimate of drug-likeness (QED) is 0.905. The van der Waals surface area contributed by atoms with Gasteiger partial charge in [-0.3, -0.25) is 9.78 Å². The van der Waals surface area contributed by atoms with Crippen molar-refractivity contribution in [3.63, 3.8) is 0 Å². The fourth-order valence-corrected chi connectivity index (χ4v) is 3.45. The Morgan fingerprint density at radius 3 is 2.92 bits per heavy atom. The van der Waals surface area contributed by atoms with Gasteiger partial charge in [0.2, 0.25) is 0 Å². The summed E-state index contributed by atoms with van der Waals surface area (Å²) in [6, 6.07) is 11.1. The number of fused-ring (bicyclic) bond motifs is 1. The van der Waals surface area contributed by atoms with Crippen LogP contribution in [0.15, 0.2) is 42.6 Å². The first kappa shape index (κ1) is 15.1. The Bertz CT molecular complexity index is 742. The number of amides is 1. The Kier molecular flexibility index (Phi) is 3.94. The van der Waals surface area contributed by atoms with Gasteiger partial charge in [-0.05, 0) is 54.7 Å². The van der Waals surface area contributed by atoms with Gasteiger partial charge in [0.1, 0.15) is 5.75 Å². The Balaban J connectivity index is 1.55. The molecule has 1 fully saturated rings. The van der Waals surface area contributed by atoms with E-state index in [-0.39, 0.29) is 24.0 Å². The van der Waals surface area contributed by atoms with Gasteiger partial charge in [0.15, 0.2) is 0 Å². The zero-order valence-electron chi connectivity index (χ0n) is 13.3. The largest absolute Gasteiger partial charge is 0.493 e. The zero-order valence-corrected chi connectivity index (χ0v) is 13.3. The van der Waals surface area contributed by atoms with E-state index in [4.69, 9.17) is 4.74 Å². The third kappa shape index (κ3) is 2.87. The van der Waals surface area contributed by atoms with E-state index in [1.807, 2.05) is 30.3 Å². The van der Waals surface area contributed by atoms with E-state index in [2.05, 4.69) is 10.3 Å². The lowest BCUT2D eigenvalue weighted by atomic mass is 9.76. The molecule has 1 aliphatic heterocycles. The first-order chi connectivity index (χ1) is 11.7. The fraction of sp³-hybridized carbons (Fsp3) is 0.368. The molecular formula is C19H20N2O3. The average molecular weight is 324 g/mol. The Labute approximate surface area is 140 Å². The normalized spacial score (nSPS) is 22.9. The SMILES string of the molecule is O=C(N[C@H](c1ccccn1)C1CC(O)C1)c1ccc2c(c1)CCO2. The molecule has 2 aromatic rings. The minimum Gasteiger partial charge on any atom is -0.493 e. The molecular weight excluding hydrogens is 304 g/mol. The van der Waals surface area contributed by atoms with Crippen LogP contribution in [0, 0.1) is 5.92 Å². The Morgan fingerprint density at radius 2 is 2.17 bits per heavy atom. The number of ether oxygens (including phenoxy) is 1. The van der Waals surface area contributed by atoms with E-state index in [1.165, 1.54) is 0 Å². The van der Waals surface area contributed by atoms with Crippen LogP contribution in [0.1, 0.15) is 40.5 Å².